The molecule has 0 atom stereocenters. The topological polar surface area (TPSA) is 66.9 Å². The molecule has 0 fully saturated rings. The molecule has 0 radical (unpaired) electrons. The van der Waals surface area contributed by atoms with Crippen LogP contribution < -0.4 is 5.73 Å². The second-order valence-corrected chi connectivity index (χ2v) is 3.29. The van der Waals surface area contributed by atoms with Crippen LogP contribution in [0.15, 0.2) is 12.1 Å². The van der Waals surface area contributed by atoms with E-state index in [2.05, 4.69) is 0 Å². The molecule has 3 nitrogen and oxygen atoms in total. The van der Waals surface area contributed by atoms with E-state index in [1.807, 2.05) is 6.07 Å². The number of nitrogens with two attached hydrogens (primary N) is 1. The molecule has 2 N–H and O–H groups in total. The van der Waals surface area contributed by atoms with E-state index >= 15 is 0 Å². The van der Waals surface area contributed by atoms with Gasteiger partial charge >= 0.3 is 0 Å². The Morgan fingerprint density at radius 3 is 2.71 bits per heavy atom. The van der Waals surface area contributed by atoms with Crippen LogP contribution in [0.25, 0.3) is 0 Å². The Kier molecular flexibility index (Phi) is 3.34. The van der Waals surface area contributed by atoms with Gasteiger partial charge < -0.3 is 5.73 Å². The maximum Gasteiger partial charge on any atom is 0.180 e. The lowest BCUT2D eigenvalue weighted by molar-refractivity contribution is 0.102. The van der Waals surface area contributed by atoms with E-state index in [4.69, 9.17) is 34.2 Å². The van der Waals surface area contributed by atoms with Crippen molar-refractivity contribution in [2.24, 2.45) is 0 Å². The highest BCUT2D eigenvalue weighted by molar-refractivity contribution is 6.33. The molecule has 0 aromatic heterocycles. The van der Waals surface area contributed by atoms with Gasteiger partial charge in [0.15, 0.2) is 5.78 Å². The smallest absolute Gasteiger partial charge is 0.180 e. The summed E-state index contributed by atoms with van der Waals surface area (Å²) in [7, 11) is 0. The van der Waals surface area contributed by atoms with Gasteiger partial charge in [-0.25, -0.2) is 0 Å². The standard InChI is InChI=1S/C9H6Cl2N2O/c10-3-8(14)9-5(4-12)1-6(11)2-7(9)13/h1-2H,3,13H2. The van der Waals surface area contributed by atoms with Crippen molar-refractivity contribution in [1.29, 1.82) is 5.26 Å². The molecule has 0 aliphatic carbocycles. The molecule has 5 heteroatoms. The molecular weight excluding hydrogens is 223 g/mol. The Bertz CT molecular complexity index is 424. The third-order valence-electron chi connectivity index (χ3n) is 1.65. The second-order valence-electron chi connectivity index (χ2n) is 2.59. The van der Waals surface area contributed by atoms with E-state index in [1.165, 1.54) is 12.1 Å². The number of hydrogen-bond donors (Lipinski definition) is 1. The molecule has 0 saturated heterocycles. The van der Waals surface area contributed by atoms with Crippen LogP contribution >= 0.6 is 23.2 Å². The van der Waals surface area contributed by atoms with Crippen molar-refractivity contribution in [1.82, 2.24) is 0 Å². The van der Waals surface area contributed by atoms with Gasteiger partial charge in [-0.2, -0.15) is 5.26 Å². The summed E-state index contributed by atoms with van der Waals surface area (Å²) in [5.74, 6) is -0.585. The Hall–Kier alpha value is -1.24. The highest BCUT2D eigenvalue weighted by Crippen LogP contribution is 2.23. The fourth-order valence-corrected chi connectivity index (χ4v) is 1.45. The molecule has 0 amide bonds. The van der Waals surface area contributed by atoms with Crippen molar-refractivity contribution < 1.29 is 4.79 Å². The van der Waals surface area contributed by atoms with E-state index in [0.29, 0.717) is 5.02 Å². The number of carbonyl (C=O) groups is 1. The van der Waals surface area contributed by atoms with Gasteiger partial charge in [0, 0.05) is 10.7 Å². The van der Waals surface area contributed by atoms with Crippen molar-refractivity contribution >= 4 is 34.7 Å². The van der Waals surface area contributed by atoms with Gasteiger partial charge in [0.1, 0.15) is 6.07 Å². The zero-order valence-electron chi connectivity index (χ0n) is 7.05. The summed E-state index contributed by atoms with van der Waals surface area (Å²) < 4.78 is 0. The quantitative estimate of drug-likeness (QED) is 0.480. The average Bonchev–Trinajstić information content (AvgIpc) is 2.15. The predicted octanol–water partition coefficient (Wildman–Crippen LogP) is 2.22. The first-order chi connectivity index (χ1) is 6.60. The largest absolute Gasteiger partial charge is 0.398 e. The fourth-order valence-electron chi connectivity index (χ4n) is 1.09. The van der Waals surface area contributed by atoms with E-state index < -0.39 is 0 Å². The molecule has 0 aliphatic heterocycles. The normalized spacial score (nSPS) is 9.50. The number of rotatable bonds is 2. The molecule has 72 valence electrons. The van der Waals surface area contributed by atoms with Gasteiger partial charge in [-0.1, -0.05) is 11.6 Å². The summed E-state index contributed by atoms with van der Waals surface area (Å²) in [6.45, 7) is 0. The summed E-state index contributed by atoms with van der Waals surface area (Å²) in [6.07, 6.45) is 0. The van der Waals surface area contributed by atoms with Crippen molar-refractivity contribution in [3.8, 4) is 6.07 Å². The number of anilines is 1. The monoisotopic (exact) mass is 228 g/mol. The minimum Gasteiger partial charge on any atom is -0.398 e. The molecule has 1 aromatic rings. The van der Waals surface area contributed by atoms with E-state index in [0.717, 1.165) is 0 Å². The lowest BCUT2D eigenvalue weighted by atomic mass is 10.0. The number of halogens is 2. The van der Waals surface area contributed by atoms with E-state index in [1.54, 1.807) is 0 Å². The first-order valence-electron chi connectivity index (χ1n) is 3.68. The lowest BCUT2D eigenvalue weighted by Crippen LogP contribution is -2.07. The molecule has 0 saturated carbocycles. The van der Waals surface area contributed by atoms with Gasteiger partial charge in [-0.05, 0) is 12.1 Å². The van der Waals surface area contributed by atoms with Crippen LogP contribution in [0.2, 0.25) is 5.02 Å². The summed E-state index contributed by atoms with van der Waals surface area (Å²) in [5.41, 5.74) is 6.04. The third-order valence-corrected chi connectivity index (χ3v) is 2.12. The number of nitriles is 1. The minimum absolute atomic E-state index is 0.145. The van der Waals surface area contributed by atoms with Crippen LogP contribution in [0.3, 0.4) is 0 Å². The lowest BCUT2D eigenvalue weighted by Gasteiger charge is -2.05. The molecule has 0 heterocycles. The summed E-state index contributed by atoms with van der Waals surface area (Å²) in [6, 6.07) is 4.65. The average molecular weight is 229 g/mol. The van der Waals surface area contributed by atoms with Gasteiger partial charge in [-0.15, -0.1) is 11.6 Å². The van der Waals surface area contributed by atoms with Crippen molar-refractivity contribution in [2.45, 2.75) is 0 Å². The van der Waals surface area contributed by atoms with Crippen LogP contribution in [0.5, 0.6) is 0 Å². The van der Waals surface area contributed by atoms with Crippen LogP contribution in [-0.2, 0) is 0 Å². The number of carbonyl (C=O) groups excluding carboxylic acids is 1. The molecule has 0 aliphatic rings. The summed E-state index contributed by atoms with van der Waals surface area (Å²) >= 11 is 11.1. The Morgan fingerprint density at radius 2 is 2.21 bits per heavy atom. The molecular formula is C9H6Cl2N2O. The van der Waals surface area contributed by atoms with E-state index in [9.17, 15) is 4.79 Å². The van der Waals surface area contributed by atoms with Crippen LogP contribution in [0.4, 0.5) is 5.69 Å². The van der Waals surface area contributed by atoms with Gasteiger partial charge in [0.25, 0.3) is 0 Å². The van der Waals surface area contributed by atoms with Gasteiger partial charge in [0.05, 0.1) is 17.0 Å². The first-order valence-corrected chi connectivity index (χ1v) is 4.59. The molecule has 0 spiro atoms. The molecule has 0 unspecified atom stereocenters. The minimum atomic E-state index is -0.377. The number of hydrogen-bond acceptors (Lipinski definition) is 3. The van der Waals surface area contributed by atoms with Crippen molar-refractivity contribution in [2.75, 3.05) is 11.6 Å². The van der Waals surface area contributed by atoms with Crippen LogP contribution in [-0.4, -0.2) is 11.7 Å². The molecule has 1 rings (SSSR count). The highest BCUT2D eigenvalue weighted by Gasteiger charge is 2.14. The van der Waals surface area contributed by atoms with Crippen molar-refractivity contribution in [3.63, 3.8) is 0 Å². The van der Waals surface area contributed by atoms with Gasteiger partial charge in [0.2, 0.25) is 0 Å². The maximum absolute atomic E-state index is 11.3. The van der Waals surface area contributed by atoms with E-state index in [-0.39, 0.29) is 28.5 Å². The zero-order chi connectivity index (χ0) is 10.7. The maximum atomic E-state index is 11.3. The fraction of sp³-hybridized carbons (Fsp3) is 0.111. The second kappa shape index (κ2) is 4.32. The number of alkyl halides is 1. The number of ketones is 1. The number of nitrogen functional groups attached to an aromatic ring is 1. The molecule has 1 aromatic carbocycles. The van der Waals surface area contributed by atoms with Crippen molar-refractivity contribution in [3.05, 3.63) is 28.3 Å². The number of benzene rings is 1. The SMILES string of the molecule is N#Cc1cc(Cl)cc(N)c1C(=O)CCl. The molecule has 14 heavy (non-hydrogen) atoms. The zero-order valence-corrected chi connectivity index (χ0v) is 8.56. The summed E-state index contributed by atoms with van der Waals surface area (Å²) in [5, 5.41) is 9.08. The highest BCUT2D eigenvalue weighted by atomic mass is 35.5. The number of nitrogens with zero attached hydrogens (tertiary/aromatic N) is 1. The first kappa shape index (κ1) is 10.8. The van der Waals surface area contributed by atoms with Crippen LogP contribution in [0.1, 0.15) is 15.9 Å². The third kappa shape index (κ3) is 1.98. The van der Waals surface area contributed by atoms with Crippen LogP contribution in [0, 0.1) is 11.3 Å². The predicted molar refractivity (Wildman–Crippen MR) is 55.6 cm³/mol. The van der Waals surface area contributed by atoms with Gasteiger partial charge in [-0.3, -0.25) is 4.79 Å². The Labute approximate surface area is 91.0 Å². The molecule has 0 bridgehead atoms. The number of Topliss-reactive ketones (excluding diaryl/α,β-unsaturated/α-hetero) is 1. The Balaban J connectivity index is 3.42. The Morgan fingerprint density at radius 1 is 1.57 bits per heavy atom. The summed E-state index contributed by atoms with van der Waals surface area (Å²) in [4.78, 5) is 11.3.